The molecule has 0 aliphatic carbocycles. The topological polar surface area (TPSA) is 67.2 Å². The van der Waals surface area contributed by atoms with Crippen LogP contribution in [-0.2, 0) is 17.8 Å². The Balaban J connectivity index is 1.58. The molecule has 0 bridgehead atoms. The lowest BCUT2D eigenvalue weighted by Gasteiger charge is -2.16. The Morgan fingerprint density at radius 3 is 2.69 bits per heavy atom. The van der Waals surface area contributed by atoms with Crippen LogP contribution in [0.15, 0.2) is 24.3 Å². The van der Waals surface area contributed by atoms with E-state index in [2.05, 4.69) is 23.4 Å². The summed E-state index contributed by atoms with van der Waals surface area (Å²) in [5.74, 6) is 0.243. The maximum Gasteiger partial charge on any atom is 0.251 e. The minimum absolute atomic E-state index is 0.0407. The minimum Gasteiger partial charge on any atom is -0.352 e. The van der Waals surface area contributed by atoms with Crippen LogP contribution in [0.2, 0.25) is 0 Å². The Kier molecular flexibility index (Phi) is 5.11. The summed E-state index contributed by atoms with van der Waals surface area (Å²) in [7, 11) is 0. The van der Waals surface area contributed by atoms with E-state index in [1.807, 2.05) is 30.7 Å². The van der Waals surface area contributed by atoms with E-state index in [0.717, 1.165) is 35.6 Å². The highest BCUT2D eigenvalue weighted by atomic mass is 16.2. The number of hydrogen-bond acceptors (Lipinski definition) is 3. The van der Waals surface area contributed by atoms with Gasteiger partial charge >= 0.3 is 0 Å². The molecular weight excluding hydrogens is 328 g/mol. The summed E-state index contributed by atoms with van der Waals surface area (Å²) in [6.45, 7) is 9.75. The second-order valence-corrected chi connectivity index (χ2v) is 7.19. The maximum atomic E-state index is 12.5. The van der Waals surface area contributed by atoms with Crippen LogP contribution in [-0.4, -0.2) is 34.7 Å². The third-order valence-corrected chi connectivity index (χ3v) is 4.82. The van der Waals surface area contributed by atoms with E-state index in [0.29, 0.717) is 18.7 Å². The molecule has 1 aliphatic rings. The van der Waals surface area contributed by atoms with Gasteiger partial charge in [-0.3, -0.25) is 14.3 Å². The van der Waals surface area contributed by atoms with Gasteiger partial charge in [0.05, 0.1) is 5.69 Å². The number of amides is 2. The van der Waals surface area contributed by atoms with E-state index >= 15 is 0 Å². The zero-order chi connectivity index (χ0) is 18.8. The monoisotopic (exact) mass is 354 g/mol. The molecule has 138 valence electrons. The van der Waals surface area contributed by atoms with E-state index in [1.54, 1.807) is 17.9 Å². The van der Waals surface area contributed by atoms with Gasteiger partial charge in [0.1, 0.15) is 0 Å². The van der Waals surface area contributed by atoms with E-state index in [9.17, 15) is 9.59 Å². The van der Waals surface area contributed by atoms with Crippen LogP contribution in [0.25, 0.3) is 0 Å². The zero-order valence-electron chi connectivity index (χ0n) is 15.9. The third kappa shape index (κ3) is 3.79. The van der Waals surface area contributed by atoms with Gasteiger partial charge in [-0.1, -0.05) is 6.92 Å². The fraction of sp³-hybridized carbons (Fsp3) is 0.450. The molecule has 1 aromatic heterocycles. The summed E-state index contributed by atoms with van der Waals surface area (Å²) in [5.41, 5.74) is 4.77. The maximum absolute atomic E-state index is 12.5. The Bertz CT molecular complexity index is 840. The van der Waals surface area contributed by atoms with E-state index < -0.39 is 0 Å². The summed E-state index contributed by atoms with van der Waals surface area (Å²) in [4.78, 5) is 25.9. The average molecular weight is 354 g/mol. The average Bonchev–Trinajstić information content (AvgIpc) is 3.15. The predicted molar refractivity (Wildman–Crippen MR) is 101 cm³/mol. The molecule has 2 amide bonds. The van der Waals surface area contributed by atoms with Gasteiger partial charge in [0.25, 0.3) is 5.91 Å². The molecule has 0 unspecified atom stereocenters. The first-order valence-corrected chi connectivity index (χ1v) is 9.05. The highest BCUT2D eigenvalue weighted by Gasteiger charge is 2.23. The molecule has 1 aromatic carbocycles. The fourth-order valence-corrected chi connectivity index (χ4v) is 3.46. The molecule has 1 N–H and O–H groups in total. The van der Waals surface area contributed by atoms with Crippen LogP contribution in [0.4, 0.5) is 5.69 Å². The Hall–Kier alpha value is -2.63. The fourth-order valence-electron chi connectivity index (χ4n) is 3.46. The van der Waals surface area contributed by atoms with Crippen molar-refractivity contribution in [3.63, 3.8) is 0 Å². The minimum atomic E-state index is -0.0747. The number of hydrogen-bond donors (Lipinski definition) is 1. The molecule has 0 radical (unpaired) electrons. The van der Waals surface area contributed by atoms with Crippen LogP contribution >= 0.6 is 0 Å². The van der Waals surface area contributed by atoms with Crippen molar-refractivity contribution >= 4 is 17.5 Å². The number of rotatable bonds is 5. The highest BCUT2D eigenvalue weighted by molar-refractivity contribution is 5.97. The van der Waals surface area contributed by atoms with Crippen molar-refractivity contribution in [3.05, 3.63) is 46.8 Å². The van der Waals surface area contributed by atoms with Crippen LogP contribution in [0.3, 0.4) is 0 Å². The van der Waals surface area contributed by atoms with Gasteiger partial charge in [-0.05, 0) is 56.0 Å². The first-order chi connectivity index (χ1) is 12.3. The highest BCUT2D eigenvalue weighted by Crippen LogP contribution is 2.28. The molecular formula is C20H26N4O2. The van der Waals surface area contributed by atoms with Gasteiger partial charge in [0, 0.05) is 43.5 Å². The van der Waals surface area contributed by atoms with Crippen LogP contribution in [0, 0.1) is 19.8 Å². The largest absolute Gasteiger partial charge is 0.352 e. The van der Waals surface area contributed by atoms with Crippen molar-refractivity contribution in [3.8, 4) is 0 Å². The molecule has 0 saturated carbocycles. The van der Waals surface area contributed by atoms with Crippen LogP contribution in [0.1, 0.15) is 41.2 Å². The number of nitrogens with zero attached hydrogens (tertiary/aromatic N) is 3. The SMILES string of the molecule is CC(=O)N1CCc2cc(C(=O)NC[C@@H](C)Cn3nc(C)cc3C)ccc21. The van der Waals surface area contributed by atoms with Gasteiger partial charge in [0.15, 0.2) is 0 Å². The first kappa shape index (κ1) is 18.2. The molecule has 0 fully saturated rings. The summed E-state index contributed by atoms with van der Waals surface area (Å²) >= 11 is 0. The number of benzene rings is 1. The second-order valence-electron chi connectivity index (χ2n) is 7.19. The smallest absolute Gasteiger partial charge is 0.251 e. The van der Waals surface area contributed by atoms with Crippen molar-refractivity contribution in [2.24, 2.45) is 5.92 Å². The molecule has 0 spiro atoms. The van der Waals surface area contributed by atoms with Gasteiger partial charge in [-0.25, -0.2) is 0 Å². The standard InChI is InChI=1S/C20H26N4O2/c1-13(12-24-15(3)9-14(2)22-24)11-21-20(26)18-5-6-19-17(10-18)7-8-23(19)16(4)25/h5-6,9-10,13H,7-8,11-12H2,1-4H3,(H,21,26)/t13-/m1/s1. The molecule has 1 aliphatic heterocycles. The van der Waals surface area contributed by atoms with Crippen molar-refractivity contribution < 1.29 is 9.59 Å². The molecule has 2 heterocycles. The molecule has 1 atom stereocenters. The number of fused-ring (bicyclic) bond motifs is 1. The van der Waals surface area contributed by atoms with E-state index in [1.165, 1.54) is 0 Å². The van der Waals surface area contributed by atoms with Gasteiger partial charge in [0.2, 0.25) is 5.91 Å². The van der Waals surface area contributed by atoms with Crippen LogP contribution < -0.4 is 10.2 Å². The number of carbonyl (C=O) groups is 2. The summed E-state index contributed by atoms with van der Waals surface area (Å²) in [5, 5.41) is 7.48. The van der Waals surface area contributed by atoms with Crippen molar-refractivity contribution in [1.29, 1.82) is 0 Å². The number of aryl methyl sites for hydroxylation is 2. The van der Waals surface area contributed by atoms with E-state index in [4.69, 9.17) is 0 Å². The van der Waals surface area contributed by atoms with Gasteiger partial charge in [-0.2, -0.15) is 5.10 Å². The quantitative estimate of drug-likeness (QED) is 0.897. The number of anilines is 1. The van der Waals surface area contributed by atoms with Crippen molar-refractivity contribution in [2.75, 3.05) is 18.0 Å². The van der Waals surface area contributed by atoms with Crippen molar-refractivity contribution in [1.82, 2.24) is 15.1 Å². The number of carbonyl (C=O) groups excluding carboxylic acids is 2. The second kappa shape index (κ2) is 7.32. The third-order valence-electron chi connectivity index (χ3n) is 4.82. The van der Waals surface area contributed by atoms with Gasteiger partial charge in [-0.15, -0.1) is 0 Å². The summed E-state index contributed by atoms with van der Waals surface area (Å²) < 4.78 is 1.98. The predicted octanol–water partition coefficient (Wildman–Crippen LogP) is 2.48. The molecule has 0 saturated heterocycles. The Morgan fingerprint density at radius 2 is 2.04 bits per heavy atom. The lowest BCUT2D eigenvalue weighted by Crippen LogP contribution is -2.30. The van der Waals surface area contributed by atoms with Gasteiger partial charge < -0.3 is 10.2 Å². The molecule has 6 nitrogen and oxygen atoms in total. The van der Waals surface area contributed by atoms with E-state index in [-0.39, 0.29) is 17.7 Å². The summed E-state index contributed by atoms with van der Waals surface area (Å²) in [6.07, 6.45) is 0.796. The molecule has 3 rings (SSSR count). The zero-order valence-corrected chi connectivity index (χ0v) is 15.9. The Labute approximate surface area is 154 Å². The molecule has 26 heavy (non-hydrogen) atoms. The molecule has 6 heteroatoms. The number of nitrogens with one attached hydrogen (secondary N) is 1. The normalized spacial score (nSPS) is 14.2. The Morgan fingerprint density at radius 1 is 1.27 bits per heavy atom. The lowest BCUT2D eigenvalue weighted by atomic mass is 10.1. The van der Waals surface area contributed by atoms with Crippen LogP contribution in [0.5, 0.6) is 0 Å². The lowest BCUT2D eigenvalue weighted by molar-refractivity contribution is -0.116. The van der Waals surface area contributed by atoms with Crippen molar-refractivity contribution in [2.45, 2.75) is 40.7 Å². The number of aromatic nitrogens is 2. The summed E-state index contributed by atoms with van der Waals surface area (Å²) in [6, 6.07) is 7.62. The molecule has 2 aromatic rings. The first-order valence-electron chi connectivity index (χ1n) is 9.05.